The molecule has 0 bridgehead atoms. The largest absolute Gasteiger partial charge is 0.495 e. The molecule has 0 fully saturated rings. The normalized spacial score (nSPS) is 11.4. The summed E-state index contributed by atoms with van der Waals surface area (Å²) in [7, 11) is 2.41. The van der Waals surface area contributed by atoms with Crippen LogP contribution < -0.4 is 0 Å². The lowest BCUT2D eigenvalue weighted by Crippen LogP contribution is -2.16. The second-order valence-electron chi connectivity index (χ2n) is 3.07. The number of ether oxygens (including phenoxy) is 2. The van der Waals surface area contributed by atoms with E-state index in [-0.39, 0.29) is 5.76 Å². The number of carbonyl (C=O) groups is 2. The van der Waals surface area contributed by atoms with Crippen molar-refractivity contribution in [2.45, 2.75) is 0 Å². The molecule has 0 aliphatic heterocycles. The average molecular weight is 236 g/mol. The Kier molecular flexibility index (Phi) is 4.28. The quantitative estimate of drug-likeness (QED) is 0.280. The number of methoxy groups -OCH3 is 2. The second kappa shape index (κ2) is 5.69. The van der Waals surface area contributed by atoms with Gasteiger partial charge in [0, 0.05) is 5.56 Å². The van der Waals surface area contributed by atoms with E-state index in [9.17, 15) is 9.59 Å². The topological polar surface area (TPSA) is 72.8 Å². The van der Waals surface area contributed by atoms with Crippen LogP contribution in [-0.2, 0) is 19.1 Å². The third-order valence-electron chi connectivity index (χ3n) is 2.07. The molecule has 0 amide bonds. The summed E-state index contributed by atoms with van der Waals surface area (Å²) < 4.78 is 9.40. The van der Waals surface area contributed by atoms with Crippen molar-refractivity contribution in [2.75, 3.05) is 14.2 Å². The fraction of sp³-hybridized carbons (Fsp3) is 0.167. The van der Waals surface area contributed by atoms with Crippen LogP contribution in [-0.4, -0.2) is 31.3 Å². The van der Waals surface area contributed by atoms with Crippen LogP contribution in [0.1, 0.15) is 5.56 Å². The summed E-state index contributed by atoms with van der Waals surface area (Å²) in [5.74, 6) is -2.36. The molecule has 0 aliphatic carbocycles. The first-order valence-corrected chi connectivity index (χ1v) is 4.77. The van der Waals surface area contributed by atoms with Crippen LogP contribution in [0.4, 0.5) is 0 Å². The highest BCUT2D eigenvalue weighted by Gasteiger charge is 2.25. The first kappa shape index (κ1) is 12.8. The summed E-state index contributed by atoms with van der Waals surface area (Å²) >= 11 is 0. The molecule has 0 aromatic heterocycles. The van der Waals surface area contributed by atoms with Gasteiger partial charge in [-0.2, -0.15) is 0 Å². The number of esters is 1. The van der Waals surface area contributed by atoms with Gasteiger partial charge in [0.25, 0.3) is 0 Å². The van der Waals surface area contributed by atoms with E-state index in [2.05, 4.69) is 4.74 Å². The molecule has 1 aromatic rings. The van der Waals surface area contributed by atoms with Crippen LogP contribution in [0.15, 0.2) is 35.9 Å². The minimum Gasteiger partial charge on any atom is -0.495 e. The van der Waals surface area contributed by atoms with Gasteiger partial charge in [-0.05, 0) is 0 Å². The van der Waals surface area contributed by atoms with E-state index >= 15 is 0 Å². The van der Waals surface area contributed by atoms with Gasteiger partial charge >= 0.3 is 11.9 Å². The van der Waals surface area contributed by atoms with Crippen LogP contribution >= 0.6 is 0 Å². The Morgan fingerprint density at radius 2 is 1.65 bits per heavy atom. The highest BCUT2D eigenvalue weighted by atomic mass is 16.5. The molecule has 90 valence electrons. The predicted molar refractivity (Wildman–Crippen MR) is 60.0 cm³/mol. The zero-order valence-electron chi connectivity index (χ0n) is 9.47. The Bertz CT molecular complexity index is 447. The lowest BCUT2D eigenvalue weighted by atomic mass is 10.1. The lowest BCUT2D eigenvalue weighted by Gasteiger charge is -2.09. The van der Waals surface area contributed by atoms with Gasteiger partial charge in [0.05, 0.1) is 14.2 Å². The smallest absolute Gasteiger partial charge is 0.349 e. The summed E-state index contributed by atoms with van der Waals surface area (Å²) in [6.07, 6.45) is 0. The van der Waals surface area contributed by atoms with E-state index < -0.39 is 17.5 Å². The molecule has 1 N–H and O–H groups in total. The van der Waals surface area contributed by atoms with Crippen LogP contribution in [0.25, 0.3) is 5.76 Å². The summed E-state index contributed by atoms with van der Waals surface area (Å²) in [5, 5.41) is 9.00. The molecular formula is C12H12O5. The zero-order chi connectivity index (χ0) is 12.8. The standard InChI is InChI=1S/C12H12O5/c1-16-10(8-6-4-3-5-7-8)9(11(13)14)12(15)17-2/h3-7H,1-2H3,(H,13,14)/b10-9+. The minimum absolute atomic E-state index is 0.0232. The summed E-state index contributed by atoms with van der Waals surface area (Å²) in [4.78, 5) is 22.4. The molecule has 0 aliphatic rings. The van der Waals surface area contributed by atoms with Crippen molar-refractivity contribution in [2.24, 2.45) is 0 Å². The third-order valence-corrected chi connectivity index (χ3v) is 2.07. The van der Waals surface area contributed by atoms with Gasteiger partial charge in [-0.15, -0.1) is 0 Å². The van der Waals surface area contributed by atoms with Crippen LogP contribution in [0.3, 0.4) is 0 Å². The molecule has 0 unspecified atom stereocenters. The van der Waals surface area contributed by atoms with Crippen LogP contribution in [0, 0.1) is 0 Å². The van der Waals surface area contributed by atoms with E-state index in [0.717, 1.165) is 7.11 Å². The predicted octanol–water partition coefficient (Wildman–Crippen LogP) is 1.30. The molecule has 0 spiro atoms. The number of benzene rings is 1. The third kappa shape index (κ3) is 2.84. The Hall–Kier alpha value is -2.30. The number of aliphatic carboxylic acids is 1. The van der Waals surface area contributed by atoms with Gasteiger partial charge < -0.3 is 14.6 Å². The van der Waals surface area contributed by atoms with E-state index in [1.54, 1.807) is 30.3 Å². The van der Waals surface area contributed by atoms with E-state index in [4.69, 9.17) is 9.84 Å². The first-order valence-electron chi connectivity index (χ1n) is 4.77. The fourth-order valence-corrected chi connectivity index (χ4v) is 1.33. The fourth-order valence-electron chi connectivity index (χ4n) is 1.33. The zero-order valence-corrected chi connectivity index (χ0v) is 9.47. The maximum atomic E-state index is 11.4. The Labute approximate surface area is 98.3 Å². The lowest BCUT2D eigenvalue weighted by molar-refractivity contribution is -0.142. The Morgan fingerprint density at radius 1 is 1.06 bits per heavy atom. The first-order chi connectivity index (χ1) is 8.11. The van der Waals surface area contributed by atoms with Gasteiger partial charge in [-0.1, -0.05) is 30.3 Å². The number of carboxylic acid groups (broad SMARTS) is 1. The number of carbonyl (C=O) groups excluding carboxylic acids is 1. The summed E-state index contributed by atoms with van der Waals surface area (Å²) in [6, 6.07) is 8.49. The van der Waals surface area contributed by atoms with Crippen molar-refractivity contribution in [1.82, 2.24) is 0 Å². The molecule has 1 aromatic carbocycles. The van der Waals surface area contributed by atoms with Gasteiger partial charge in [0.2, 0.25) is 0 Å². The molecule has 0 saturated carbocycles. The van der Waals surface area contributed by atoms with Gasteiger partial charge in [0.15, 0.2) is 5.57 Å². The molecule has 5 nitrogen and oxygen atoms in total. The molecule has 0 radical (unpaired) electrons. The number of hydrogen-bond acceptors (Lipinski definition) is 4. The molecule has 17 heavy (non-hydrogen) atoms. The van der Waals surface area contributed by atoms with Gasteiger partial charge in [0.1, 0.15) is 5.76 Å². The van der Waals surface area contributed by atoms with Crippen LogP contribution in [0.5, 0.6) is 0 Å². The Morgan fingerprint density at radius 3 is 2.06 bits per heavy atom. The van der Waals surface area contributed by atoms with Crippen molar-refractivity contribution in [1.29, 1.82) is 0 Å². The Balaban J connectivity index is 3.37. The maximum absolute atomic E-state index is 11.4. The van der Waals surface area contributed by atoms with Crippen molar-refractivity contribution in [3.8, 4) is 0 Å². The van der Waals surface area contributed by atoms with Gasteiger partial charge in [-0.25, -0.2) is 9.59 Å². The number of hydrogen-bond donors (Lipinski definition) is 1. The van der Waals surface area contributed by atoms with Crippen LogP contribution in [0.2, 0.25) is 0 Å². The molecule has 0 heterocycles. The molecule has 0 atom stereocenters. The summed E-state index contributed by atoms with van der Waals surface area (Å²) in [6.45, 7) is 0. The monoisotopic (exact) mass is 236 g/mol. The average Bonchev–Trinajstić information content (AvgIpc) is 2.35. The molecule has 0 saturated heterocycles. The molecule has 1 rings (SSSR count). The highest BCUT2D eigenvalue weighted by Crippen LogP contribution is 2.20. The van der Waals surface area contributed by atoms with Crippen molar-refractivity contribution in [3.05, 3.63) is 41.5 Å². The van der Waals surface area contributed by atoms with E-state index in [1.807, 2.05) is 0 Å². The van der Waals surface area contributed by atoms with Gasteiger partial charge in [-0.3, -0.25) is 0 Å². The van der Waals surface area contributed by atoms with Crippen molar-refractivity contribution in [3.63, 3.8) is 0 Å². The summed E-state index contributed by atoms with van der Waals surface area (Å²) in [5.41, 5.74) is -0.0287. The van der Waals surface area contributed by atoms with E-state index in [1.165, 1.54) is 7.11 Å². The van der Waals surface area contributed by atoms with E-state index in [0.29, 0.717) is 5.56 Å². The molecular weight excluding hydrogens is 224 g/mol. The molecule has 5 heteroatoms. The highest BCUT2D eigenvalue weighted by molar-refractivity contribution is 6.18. The second-order valence-corrected chi connectivity index (χ2v) is 3.07. The minimum atomic E-state index is -1.39. The maximum Gasteiger partial charge on any atom is 0.349 e. The van der Waals surface area contributed by atoms with Crippen molar-refractivity contribution < 1.29 is 24.2 Å². The SMILES string of the molecule is COC(=O)/C(C(=O)O)=C(/OC)c1ccccc1. The number of carboxylic acids is 1. The number of rotatable bonds is 4. The van der Waals surface area contributed by atoms with Crippen molar-refractivity contribution >= 4 is 17.7 Å².